The summed E-state index contributed by atoms with van der Waals surface area (Å²) in [5.41, 5.74) is 2.07. The second-order valence-electron chi connectivity index (χ2n) is 13.5. The molecule has 44 heavy (non-hydrogen) atoms. The molecular weight excluding hydrogens is 625 g/mol. The monoisotopic (exact) mass is 659 g/mol. The summed E-state index contributed by atoms with van der Waals surface area (Å²) in [6.45, 7) is 9.79. The van der Waals surface area contributed by atoms with Crippen LogP contribution in [0.15, 0.2) is 63.8 Å². The Morgan fingerprint density at radius 2 is 1.45 bits per heavy atom. The quantitative estimate of drug-likeness (QED) is 0.309. The van der Waals surface area contributed by atoms with E-state index in [4.69, 9.17) is 27.4 Å². The Balaban J connectivity index is 1.79. The third-order valence-electron chi connectivity index (χ3n) is 8.42. The number of hydrogen-bond acceptors (Lipinski definition) is 7. The lowest BCUT2D eigenvalue weighted by Gasteiger charge is -2.49. The molecule has 1 aliphatic heterocycles. The summed E-state index contributed by atoms with van der Waals surface area (Å²) >= 11 is 13.2. The molecule has 1 N–H and O–H groups in total. The zero-order valence-corrected chi connectivity index (χ0v) is 27.6. The number of carboxylic acid groups (broad SMARTS) is 1. The first-order chi connectivity index (χ1) is 20.4. The Labute approximate surface area is 267 Å². The Hall–Kier alpha value is -3.14. The number of carbonyl (C=O) groups excluding carboxylic acids is 2. The lowest BCUT2D eigenvalue weighted by molar-refractivity contribution is -0.137. The van der Waals surface area contributed by atoms with Crippen LogP contribution in [0.3, 0.4) is 0 Å². The smallest absolute Gasteiger partial charge is 0.339 e. The van der Waals surface area contributed by atoms with Gasteiger partial charge in [-0.15, -0.1) is 0 Å². The van der Waals surface area contributed by atoms with Gasteiger partial charge in [0.2, 0.25) is 0 Å². The molecule has 0 fully saturated rings. The lowest BCUT2D eigenvalue weighted by Crippen LogP contribution is -2.45. The average Bonchev–Trinajstić information content (AvgIpc) is 2.87. The van der Waals surface area contributed by atoms with E-state index in [1.807, 2.05) is 39.5 Å². The summed E-state index contributed by atoms with van der Waals surface area (Å²) < 4.78 is 32.8. The molecule has 11 heteroatoms. The van der Waals surface area contributed by atoms with E-state index in [2.05, 4.69) is 0 Å². The van der Waals surface area contributed by atoms with Crippen molar-refractivity contribution in [3.8, 4) is 5.75 Å². The van der Waals surface area contributed by atoms with Gasteiger partial charge in [0.25, 0.3) is 0 Å². The second-order valence-corrected chi connectivity index (χ2v) is 15.9. The highest BCUT2D eigenvalue weighted by atomic mass is 35.5. The van der Waals surface area contributed by atoms with Gasteiger partial charge >= 0.3 is 16.1 Å². The summed E-state index contributed by atoms with van der Waals surface area (Å²) in [7, 11) is -4.38. The predicted molar refractivity (Wildman–Crippen MR) is 167 cm³/mol. The fraction of sp³-hybridized carbons (Fsp3) is 0.424. The van der Waals surface area contributed by atoms with Gasteiger partial charge in [-0.3, -0.25) is 14.4 Å². The number of carbonyl (C=O) groups is 3. The maximum Gasteiger partial charge on any atom is 0.339 e. The molecule has 0 spiro atoms. The molecule has 0 saturated carbocycles. The number of carboxylic acids is 1. The standard InChI is InChI=1S/C33H35Cl2NO7S/c1-18-6-8-20(9-7-18)44(41,42)43-31-21(12-19(34)13-22(31)35)28-29-23(14-32(2,3)16-25(29)37)36(11-10-27(39)40)24-15-33(4,5)17-26(38)30(24)28/h6-9,12-13,28H,10-11,14-17H2,1-5H3,(H,39,40). The SMILES string of the molecule is Cc1ccc(S(=O)(=O)Oc2c(Cl)cc(Cl)cc2C2C3=C(CC(C)(C)CC3=O)N(CCC(=O)O)C3=C2C(=O)CC(C)(C)C3)cc1. The number of halogens is 2. The van der Waals surface area contributed by atoms with Gasteiger partial charge in [-0.1, -0.05) is 68.6 Å². The van der Waals surface area contributed by atoms with E-state index in [9.17, 15) is 27.9 Å². The molecule has 2 aromatic carbocycles. The van der Waals surface area contributed by atoms with Gasteiger partial charge in [0, 0.05) is 58.4 Å². The topological polar surface area (TPSA) is 118 Å². The normalized spacial score (nSPS) is 20.0. The van der Waals surface area contributed by atoms with Gasteiger partial charge in [-0.05, 0) is 54.9 Å². The number of rotatable bonds is 7. The summed E-state index contributed by atoms with van der Waals surface area (Å²) in [6.07, 6.45) is 1.06. The van der Waals surface area contributed by atoms with E-state index in [0.717, 1.165) is 5.56 Å². The van der Waals surface area contributed by atoms with Crippen LogP contribution in [0.25, 0.3) is 0 Å². The minimum absolute atomic E-state index is 0.0773. The number of aliphatic carboxylic acids is 1. The van der Waals surface area contributed by atoms with Crippen molar-refractivity contribution in [2.24, 2.45) is 10.8 Å². The van der Waals surface area contributed by atoms with Crippen LogP contribution >= 0.6 is 23.2 Å². The van der Waals surface area contributed by atoms with E-state index in [1.165, 1.54) is 24.3 Å². The van der Waals surface area contributed by atoms with E-state index in [0.29, 0.717) is 35.4 Å². The van der Waals surface area contributed by atoms with E-state index < -0.39 is 32.8 Å². The molecule has 2 aromatic rings. The Morgan fingerprint density at radius 1 is 0.932 bits per heavy atom. The van der Waals surface area contributed by atoms with Crippen molar-refractivity contribution in [1.29, 1.82) is 0 Å². The molecule has 2 aliphatic carbocycles. The van der Waals surface area contributed by atoms with Gasteiger partial charge in [0.15, 0.2) is 17.3 Å². The molecule has 5 rings (SSSR count). The Kier molecular flexibility index (Phi) is 8.31. The molecule has 1 heterocycles. The van der Waals surface area contributed by atoms with Crippen LogP contribution < -0.4 is 4.18 Å². The number of aryl methyl sites for hydroxylation is 1. The zero-order valence-electron chi connectivity index (χ0n) is 25.3. The van der Waals surface area contributed by atoms with Gasteiger partial charge in [0.05, 0.1) is 11.4 Å². The highest BCUT2D eigenvalue weighted by Gasteiger charge is 2.50. The van der Waals surface area contributed by atoms with E-state index in [1.54, 1.807) is 12.1 Å². The molecule has 0 saturated heterocycles. The largest absolute Gasteiger partial charge is 0.481 e. The Bertz CT molecular complexity index is 1700. The van der Waals surface area contributed by atoms with Crippen LogP contribution in [0.5, 0.6) is 5.75 Å². The first kappa shape index (κ1) is 32.3. The minimum atomic E-state index is -4.38. The maximum absolute atomic E-state index is 14.1. The van der Waals surface area contributed by atoms with Crippen LogP contribution in [0, 0.1) is 17.8 Å². The van der Waals surface area contributed by atoms with Crippen molar-refractivity contribution >= 4 is 50.9 Å². The van der Waals surface area contributed by atoms with Crippen molar-refractivity contribution < 1.29 is 32.1 Å². The molecule has 8 nitrogen and oxygen atoms in total. The van der Waals surface area contributed by atoms with Crippen LogP contribution in [-0.2, 0) is 24.5 Å². The van der Waals surface area contributed by atoms with Gasteiger partial charge in [-0.25, -0.2) is 0 Å². The third-order valence-corrected chi connectivity index (χ3v) is 10.2. The summed E-state index contributed by atoms with van der Waals surface area (Å²) in [6, 6.07) is 9.00. The van der Waals surface area contributed by atoms with Gasteiger partial charge in [-0.2, -0.15) is 8.42 Å². The van der Waals surface area contributed by atoms with Crippen molar-refractivity contribution in [1.82, 2.24) is 4.90 Å². The van der Waals surface area contributed by atoms with Crippen LogP contribution in [0.2, 0.25) is 10.0 Å². The molecule has 234 valence electrons. The van der Waals surface area contributed by atoms with E-state index in [-0.39, 0.29) is 63.6 Å². The number of nitrogens with zero attached hydrogens (tertiary/aromatic N) is 1. The van der Waals surface area contributed by atoms with Gasteiger partial charge in [0.1, 0.15) is 4.90 Å². The number of hydrogen-bond donors (Lipinski definition) is 1. The predicted octanol–water partition coefficient (Wildman–Crippen LogP) is 7.23. The second kappa shape index (κ2) is 11.3. The van der Waals surface area contributed by atoms with Crippen LogP contribution in [-0.4, -0.2) is 42.5 Å². The Morgan fingerprint density at radius 3 is 1.95 bits per heavy atom. The van der Waals surface area contributed by atoms with E-state index >= 15 is 0 Å². The lowest BCUT2D eigenvalue weighted by atomic mass is 9.63. The molecule has 0 amide bonds. The molecule has 0 unspecified atom stereocenters. The summed E-state index contributed by atoms with van der Waals surface area (Å²) in [5.74, 6) is -2.65. The molecule has 3 aliphatic rings. The molecule has 0 radical (unpaired) electrons. The zero-order chi connectivity index (χ0) is 32.4. The fourth-order valence-corrected chi connectivity index (χ4v) is 8.15. The number of ketones is 2. The number of Topliss-reactive ketones (excluding diaryl/α,β-unsaturated/α-hetero) is 2. The number of benzene rings is 2. The fourth-order valence-electron chi connectivity index (χ4n) is 6.58. The average molecular weight is 661 g/mol. The molecule has 0 atom stereocenters. The minimum Gasteiger partial charge on any atom is -0.481 e. The van der Waals surface area contributed by atoms with Crippen molar-refractivity contribution in [3.05, 3.63) is 80.1 Å². The van der Waals surface area contributed by atoms with Gasteiger partial charge < -0.3 is 14.2 Å². The molecular formula is C33H35Cl2NO7S. The van der Waals surface area contributed by atoms with Crippen LogP contribution in [0.4, 0.5) is 0 Å². The molecule has 0 aromatic heterocycles. The maximum atomic E-state index is 14.1. The summed E-state index contributed by atoms with van der Waals surface area (Å²) in [4.78, 5) is 41.6. The van der Waals surface area contributed by atoms with Crippen molar-refractivity contribution in [3.63, 3.8) is 0 Å². The first-order valence-corrected chi connectivity index (χ1v) is 16.6. The van der Waals surface area contributed by atoms with Crippen molar-refractivity contribution in [2.75, 3.05) is 6.54 Å². The summed E-state index contributed by atoms with van der Waals surface area (Å²) in [5, 5.41) is 9.68. The highest BCUT2D eigenvalue weighted by molar-refractivity contribution is 7.87. The number of allylic oxidation sites excluding steroid dienone is 4. The van der Waals surface area contributed by atoms with Crippen LogP contribution in [0.1, 0.15) is 76.8 Å². The van der Waals surface area contributed by atoms with Crippen molar-refractivity contribution in [2.45, 2.75) is 77.5 Å². The molecule has 0 bridgehead atoms. The third kappa shape index (κ3) is 6.19. The first-order valence-electron chi connectivity index (χ1n) is 14.4. The highest BCUT2D eigenvalue weighted by Crippen LogP contribution is 2.56.